The monoisotopic (exact) mass is 398 g/mol. The van der Waals surface area contributed by atoms with Gasteiger partial charge in [-0.05, 0) is 69.1 Å². The van der Waals surface area contributed by atoms with E-state index in [4.69, 9.17) is 4.74 Å². The molecule has 0 aromatic heterocycles. The Bertz CT molecular complexity index is 676. The van der Waals surface area contributed by atoms with Crippen LogP contribution in [0.5, 0.6) is 0 Å². The van der Waals surface area contributed by atoms with Crippen LogP contribution in [0.15, 0.2) is 0 Å². The Morgan fingerprint density at radius 2 is 1.56 bits per heavy atom. The highest BCUT2D eigenvalue weighted by molar-refractivity contribution is 7.88. The fraction of sp³-hybridized carbons (Fsp3) is 0.895. The Morgan fingerprint density at radius 3 is 2.04 bits per heavy atom. The number of nitrogens with zero attached hydrogens (tertiary/aromatic N) is 1. The molecular formula is C19H30N2O5S. The van der Waals surface area contributed by atoms with Crippen LogP contribution in [0, 0.1) is 23.7 Å². The van der Waals surface area contributed by atoms with Crippen LogP contribution in [0.1, 0.15) is 51.4 Å². The van der Waals surface area contributed by atoms with Crippen molar-refractivity contribution in [3.05, 3.63) is 0 Å². The molecule has 27 heavy (non-hydrogen) atoms. The maximum Gasteiger partial charge on any atom is 0.309 e. The lowest BCUT2D eigenvalue weighted by Crippen LogP contribution is -2.60. The average Bonchev–Trinajstić information content (AvgIpc) is 2.57. The van der Waals surface area contributed by atoms with Gasteiger partial charge >= 0.3 is 5.97 Å². The van der Waals surface area contributed by atoms with E-state index < -0.39 is 10.0 Å². The molecule has 0 aromatic rings. The first-order valence-electron chi connectivity index (χ1n) is 10.2. The summed E-state index contributed by atoms with van der Waals surface area (Å²) < 4.78 is 29.7. The average molecular weight is 399 g/mol. The van der Waals surface area contributed by atoms with Crippen LogP contribution >= 0.6 is 0 Å². The zero-order chi connectivity index (χ0) is 19.2. The van der Waals surface area contributed by atoms with Crippen molar-refractivity contribution in [3.63, 3.8) is 0 Å². The summed E-state index contributed by atoms with van der Waals surface area (Å²) in [6.45, 7) is 0.434. The van der Waals surface area contributed by atoms with Gasteiger partial charge in [0.1, 0.15) is 0 Å². The predicted molar refractivity (Wildman–Crippen MR) is 99.1 cm³/mol. The van der Waals surface area contributed by atoms with Gasteiger partial charge in [0.15, 0.2) is 6.61 Å². The molecule has 0 atom stereocenters. The molecular weight excluding hydrogens is 368 g/mol. The lowest BCUT2D eigenvalue weighted by atomic mass is 9.53. The van der Waals surface area contributed by atoms with E-state index in [9.17, 15) is 18.0 Å². The minimum absolute atomic E-state index is 0.0704. The van der Waals surface area contributed by atoms with Gasteiger partial charge in [-0.3, -0.25) is 9.59 Å². The van der Waals surface area contributed by atoms with Crippen LogP contribution in [0.2, 0.25) is 0 Å². The Kier molecular flexibility index (Phi) is 4.99. The SMILES string of the molecule is CS(=O)(=O)N1CCC(C(=O)OCC(=O)NC23CC4CC(CC(C4)C2)C3)CC1. The summed E-state index contributed by atoms with van der Waals surface area (Å²) in [4.78, 5) is 24.7. The van der Waals surface area contributed by atoms with Gasteiger partial charge in [-0.25, -0.2) is 12.7 Å². The van der Waals surface area contributed by atoms with Crippen molar-refractivity contribution in [2.75, 3.05) is 26.0 Å². The largest absolute Gasteiger partial charge is 0.455 e. The number of carbonyl (C=O) groups excluding carboxylic acids is 2. The molecule has 5 fully saturated rings. The molecule has 7 nitrogen and oxygen atoms in total. The van der Waals surface area contributed by atoms with E-state index in [2.05, 4.69) is 5.32 Å². The molecule has 4 bridgehead atoms. The van der Waals surface area contributed by atoms with Crippen LogP contribution in [0.3, 0.4) is 0 Å². The van der Waals surface area contributed by atoms with Gasteiger partial charge in [0.25, 0.3) is 5.91 Å². The summed E-state index contributed by atoms with van der Waals surface area (Å²) in [5.74, 6) is 1.34. The summed E-state index contributed by atoms with van der Waals surface area (Å²) in [5, 5.41) is 3.21. The van der Waals surface area contributed by atoms with Crippen molar-refractivity contribution in [2.24, 2.45) is 23.7 Å². The zero-order valence-electron chi connectivity index (χ0n) is 16.0. The zero-order valence-corrected chi connectivity index (χ0v) is 16.8. The van der Waals surface area contributed by atoms with Crippen LogP contribution in [-0.4, -0.2) is 56.1 Å². The summed E-state index contributed by atoms with van der Waals surface area (Å²) in [7, 11) is -3.21. The summed E-state index contributed by atoms with van der Waals surface area (Å²) >= 11 is 0. The Hall–Kier alpha value is -1.15. The van der Waals surface area contributed by atoms with E-state index >= 15 is 0 Å². The summed E-state index contributed by atoms with van der Waals surface area (Å²) in [5.41, 5.74) is -0.0704. The maximum atomic E-state index is 12.4. The number of amides is 1. The lowest BCUT2D eigenvalue weighted by Gasteiger charge is -2.56. The minimum atomic E-state index is -3.21. The Balaban J connectivity index is 1.24. The van der Waals surface area contributed by atoms with E-state index in [-0.39, 0.29) is 29.9 Å². The lowest BCUT2D eigenvalue weighted by molar-refractivity contribution is -0.155. The second-order valence-electron chi connectivity index (χ2n) is 9.29. The number of nitrogens with one attached hydrogen (secondary N) is 1. The first kappa shape index (κ1) is 19.2. The second kappa shape index (κ2) is 7.03. The number of piperidine rings is 1. The first-order chi connectivity index (χ1) is 12.7. The van der Waals surface area contributed by atoms with Crippen molar-refractivity contribution in [2.45, 2.75) is 56.9 Å². The standard InChI is InChI=1S/C19H30N2O5S/c1-27(24,25)21-4-2-16(3-5-21)18(23)26-12-17(22)20-19-9-13-6-14(10-19)8-15(7-13)11-19/h13-16H,2-12H2,1H3,(H,20,22). The molecule has 5 rings (SSSR count). The third-order valence-electron chi connectivity index (χ3n) is 7.04. The highest BCUT2D eigenvalue weighted by Crippen LogP contribution is 2.55. The highest BCUT2D eigenvalue weighted by atomic mass is 32.2. The molecule has 1 amide bonds. The number of hydrogen-bond donors (Lipinski definition) is 1. The molecule has 8 heteroatoms. The van der Waals surface area contributed by atoms with Gasteiger partial charge < -0.3 is 10.1 Å². The van der Waals surface area contributed by atoms with Gasteiger partial charge in [-0.1, -0.05) is 0 Å². The van der Waals surface area contributed by atoms with Crippen LogP contribution in [-0.2, 0) is 24.3 Å². The molecule has 1 N–H and O–H groups in total. The van der Waals surface area contributed by atoms with E-state index in [1.54, 1.807) is 0 Å². The van der Waals surface area contributed by atoms with Crippen LogP contribution < -0.4 is 5.32 Å². The van der Waals surface area contributed by atoms with Gasteiger partial charge in [0.05, 0.1) is 12.2 Å². The molecule has 1 aliphatic heterocycles. The molecule has 0 radical (unpaired) electrons. The van der Waals surface area contributed by atoms with Crippen molar-refractivity contribution in [1.29, 1.82) is 0 Å². The van der Waals surface area contributed by atoms with E-state index in [1.165, 1.54) is 29.8 Å². The summed E-state index contributed by atoms with van der Waals surface area (Å²) in [6, 6.07) is 0. The quantitative estimate of drug-likeness (QED) is 0.705. The molecule has 1 saturated heterocycles. The van der Waals surface area contributed by atoms with Gasteiger partial charge in [0, 0.05) is 18.6 Å². The van der Waals surface area contributed by atoms with Crippen molar-refractivity contribution in [1.82, 2.24) is 9.62 Å². The molecule has 5 aliphatic rings. The van der Waals surface area contributed by atoms with E-state index in [0.29, 0.717) is 25.9 Å². The second-order valence-corrected chi connectivity index (χ2v) is 11.3. The van der Waals surface area contributed by atoms with Gasteiger partial charge in [0.2, 0.25) is 10.0 Å². The first-order valence-corrected chi connectivity index (χ1v) is 12.0. The predicted octanol–water partition coefficient (Wildman–Crippen LogP) is 1.29. The van der Waals surface area contributed by atoms with E-state index in [1.807, 2.05) is 0 Å². The molecule has 0 spiro atoms. The number of rotatable bonds is 5. The molecule has 152 valence electrons. The normalized spacial score (nSPS) is 36.6. The van der Waals surface area contributed by atoms with E-state index in [0.717, 1.165) is 37.0 Å². The number of esters is 1. The van der Waals surface area contributed by atoms with Gasteiger partial charge in [-0.2, -0.15) is 0 Å². The number of carbonyl (C=O) groups is 2. The smallest absolute Gasteiger partial charge is 0.309 e. The third kappa shape index (κ3) is 4.16. The number of sulfonamides is 1. The maximum absolute atomic E-state index is 12.4. The fourth-order valence-corrected chi connectivity index (χ4v) is 7.15. The molecule has 0 aromatic carbocycles. The molecule has 0 unspecified atom stereocenters. The van der Waals surface area contributed by atoms with Gasteiger partial charge in [-0.15, -0.1) is 0 Å². The van der Waals surface area contributed by atoms with Crippen molar-refractivity contribution in [3.8, 4) is 0 Å². The molecule has 4 aliphatic carbocycles. The molecule has 1 heterocycles. The third-order valence-corrected chi connectivity index (χ3v) is 8.35. The van der Waals surface area contributed by atoms with Crippen molar-refractivity contribution >= 4 is 21.9 Å². The van der Waals surface area contributed by atoms with Crippen molar-refractivity contribution < 1.29 is 22.7 Å². The minimum Gasteiger partial charge on any atom is -0.455 e. The topological polar surface area (TPSA) is 92.8 Å². The fourth-order valence-electron chi connectivity index (χ4n) is 6.27. The summed E-state index contributed by atoms with van der Waals surface area (Å²) in [6.07, 6.45) is 9.24. The number of ether oxygens (including phenoxy) is 1. The Morgan fingerprint density at radius 1 is 1.04 bits per heavy atom. The van der Waals surface area contributed by atoms with Crippen LogP contribution in [0.25, 0.3) is 0 Å². The number of hydrogen-bond acceptors (Lipinski definition) is 5. The van der Waals surface area contributed by atoms with Crippen LogP contribution in [0.4, 0.5) is 0 Å². The highest BCUT2D eigenvalue weighted by Gasteiger charge is 2.51. The molecule has 4 saturated carbocycles. The Labute approximate surface area is 161 Å².